The highest BCUT2D eigenvalue weighted by molar-refractivity contribution is 5.74. The van der Waals surface area contributed by atoms with Crippen molar-refractivity contribution in [1.29, 1.82) is 0 Å². The summed E-state index contributed by atoms with van der Waals surface area (Å²) in [6.45, 7) is 4.56. The molecule has 3 aromatic rings. The number of aromatic nitrogens is 2. The zero-order valence-electron chi connectivity index (χ0n) is 17.8. The second-order valence-corrected chi connectivity index (χ2v) is 8.65. The Bertz CT molecular complexity index is 965. The van der Waals surface area contributed by atoms with Gasteiger partial charge in [-0.1, -0.05) is 30.3 Å². The molecule has 1 aliphatic heterocycles. The van der Waals surface area contributed by atoms with Crippen LogP contribution in [0.4, 0.5) is 13.2 Å². The van der Waals surface area contributed by atoms with Crippen LogP contribution < -0.4 is 0 Å². The summed E-state index contributed by atoms with van der Waals surface area (Å²) in [5.74, 6) is 1.53. The summed E-state index contributed by atoms with van der Waals surface area (Å²) in [5, 5.41) is 0. The van der Waals surface area contributed by atoms with Gasteiger partial charge in [0.25, 0.3) is 0 Å². The van der Waals surface area contributed by atoms with E-state index >= 15 is 0 Å². The highest BCUT2D eigenvalue weighted by Crippen LogP contribution is 2.29. The predicted molar refractivity (Wildman–Crippen MR) is 117 cm³/mol. The first-order valence-electron chi connectivity index (χ1n) is 10.9. The number of piperidine rings is 1. The molecule has 1 saturated heterocycles. The van der Waals surface area contributed by atoms with Gasteiger partial charge in [0.1, 0.15) is 5.82 Å². The molecule has 0 spiro atoms. The van der Waals surface area contributed by atoms with Gasteiger partial charge in [-0.15, -0.1) is 0 Å². The summed E-state index contributed by atoms with van der Waals surface area (Å²) in [5.41, 5.74) is 2.24. The molecule has 1 atom stereocenters. The normalized spacial score (nSPS) is 18.2. The van der Waals surface area contributed by atoms with Crippen molar-refractivity contribution in [2.45, 2.75) is 32.0 Å². The molecule has 0 amide bonds. The Morgan fingerprint density at radius 2 is 2.00 bits per heavy atom. The van der Waals surface area contributed by atoms with Crippen molar-refractivity contribution in [2.24, 2.45) is 5.92 Å². The van der Waals surface area contributed by atoms with Crippen molar-refractivity contribution in [2.75, 3.05) is 33.2 Å². The third kappa shape index (κ3) is 5.86. The second-order valence-electron chi connectivity index (χ2n) is 8.65. The fourth-order valence-corrected chi connectivity index (χ4v) is 4.54. The highest BCUT2D eigenvalue weighted by atomic mass is 19.4. The smallest absolute Gasteiger partial charge is 0.341 e. The minimum Gasteiger partial charge on any atom is -0.341 e. The Balaban J connectivity index is 1.27. The van der Waals surface area contributed by atoms with E-state index in [-0.39, 0.29) is 0 Å². The average molecular weight is 431 g/mol. The quantitative estimate of drug-likeness (QED) is 0.575. The third-order valence-electron chi connectivity index (χ3n) is 6.00. The van der Waals surface area contributed by atoms with Gasteiger partial charge in [0.05, 0.1) is 23.1 Å². The minimum absolute atomic E-state index is 0.560. The van der Waals surface area contributed by atoms with E-state index in [0.29, 0.717) is 12.3 Å². The number of likely N-dealkylation sites (tertiary alicyclic amines) is 1. The lowest BCUT2D eigenvalue weighted by Crippen LogP contribution is -2.40. The molecule has 2 heterocycles. The number of imidazole rings is 1. The number of rotatable bonds is 7. The second kappa shape index (κ2) is 9.40. The van der Waals surface area contributed by atoms with E-state index in [4.69, 9.17) is 0 Å². The Morgan fingerprint density at radius 1 is 1.16 bits per heavy atom. The van der Waals surface area contributed by atoms with Crippen molar-refractivity contribution < 1.29 is 13.2 Å². The van der Waals surface area contributed by atoms with E-state index in [9.17, 15) is 13.2 Å². The van der Waals surface area contributed by atoms with Gasteiger partial charge in [0, 0.05) is 19.6 Å². The molecular formula is C24H29F3N4. The first-order valence-corrected chi connectivity index (χ1v) is 10.9. The fourth-order valence-electron chi connectivity index (χ4n) is 4.54. The number of aromatic amines is 1. The van der Waals surface area contributed by atoms with Crippen LogP contribution in [-0.4, -0.2) is 53.0 Å². The predicted octanol–water partition coefficient (Wildman–Crippen LogP) is 4.97. The summed E-state index contributed by atoms with van der Waals surface area (Å²) >= 11 is 0. The van der Waals surface area contributed by atoms with Crippen LogP contribution in [0.2, 0.25) is 0 Å². The van der Waals surface area contributed by atoms with Crippen molar-refractivity contribution >= 4 is 11.0 Å². The highest BCUT2D eigenvalue weighted by Gasteiger charge is 2.30. The monoisotopic (exact) mass is 430 g/mol. The van der Waals surface area contributed by atoms with Crippen molar-refractivity contribution in [3.8, 4) is 0 Å². The fraction of sp³-hybridized carbons (Fsp3) is 0.458. The Morgan fingerprint density at radius 3 is 2.81 bits per heavy atom. The van der Waals surface area contributed by atoms with Gasteiger partial charge in [-0.25, -0.2) is 4.98 Å². The molecule has 1 fully saturated rings. The molecule has 31 heavy (non-hydrogen) atoms. The molecule has 0 radical (unpaired) electrons. The molecule has 4 nitrogen and oxygen atoms in total. The van der Waals surface area contributed by atoms with Crippen LogP contribution in [-0.2, 0) is 19.1 Å². The summed E-state index contributed by atoms with van der Waals surface area (Å²) in [4.78, 5) is 12.7. The Labute approximate surface area is 181 Å². The molecule has 0 bridgehead atoms. The minimum atomic E-state index is -4.28. The van der Waals surface area contributed by atoms with E-state index in [1.807, 2.05) is 24.3 Å². The van der Waals surface area contributed by atoms with Crippen LogP contribution >= 0.6 is 0 Å². The molecule has 7 heteroatoms. The zero-order chi connectivity index (χ0) is 21.8. The number of nitrogens with zero attached hydrogens (tertiary/aromatic N) is 3. The van der Waals surface area contributed by atoms with E-state index in [0.717, 1.165) is 67.6 Å². The summed E-state index contributed by atoms with van der Waals surface area (Å²) in [6, 6.07) is 13.8. The lowest BCUT2D eigenvalue weighted by molar-refractivity contribution is -0.137. The van der Waals surface area contributed by atoms with Gasteiger partial charge in [0.15, 0.2) is 0 Å². The maximum Gasteiger partial charge on any atom is 0.416 e. The molecule has 4 rings (SSSR count). The van der Waals surface area contributed by atoms with Crippen LogP contribution in [0.25, 0.3) is 11.0 Å². The maximum atomic E-state index is 12.9. The van der Waals surface area contributed by atoms with Crippen molar-refractivity contribution in [1.82, 2.24) is 19.8 Å². The number of fused-ring (bicyclic) bond motifs is 1. The van der Waals surface area contributed by atoms with Crippen LogP contribution in [0, 0.1) is 5.92 Å². The molecule has 0 saturated carbocycles. The van der Waals surface area contributed by atoms with E-state index in [1.54, 1.807) is 6.07 Å². The first-order chi connectivity index (χ1) is 14.9. The molecular weight excluding hydrogens is 401 g/mol. The number of H-pyrrole nitrogens is 1. The summed E-state index contributed by atoms with van der Waals surface area (Å²) in [6.07, 6.45) is -1.32. The van der Waals surface area contributed by atoms with Gasteiger partial charge in [0.2, 0.25) is 0 Å². The van der Waals surface area contributed by atoms with Gasteiger partial charge in [-0.2, -0.15) is 13.2 Å². The first kappa shape index (κ1) is 21.8. The SMILES string of the molecule is CN(Cc1nc2ccccc2[nH]1)CC1CCCN(CCc2cccc(C(F)(F)F)c2)C1. The van der Waals surface area contributed by atoms with E-state index < -0.39 is 11.7 Å². The number of para-hydroxylation sites is 2. The number of nitrogens with one attached hydrogen (secondary N) is 1. The standard InChI is InChI=1S/C24H29F3N4/c1-30(17-23-28-21-9-2-3-10-22(21)29-23)15-19-7-5-12-31(16-19)13-11-18-6-4-8-20(14-18)24(25,26)27/h2-4,6,8-10,14,19H,5,7,11-13,15-17H2,1H3,(H,28,29). The summed E-state index contributed by atoms with van der Waals surface area (Å²) < 4.78 is 38.8. The lowest BCUT2D eigenvalue weighted by atomic mass is 9.97. The van der Waals surface area contributed by atoms with Crippen LogP contribution in [0.3, 0.4) is 0 Å². The molecule has 166 valence electrons. The summed E-state index contributed by atoms with van der Waals surface area (Å²) in [7, 11) is 2.12. The molecule has 1 aliphatic rings. The van der Waals surface area contributed by atoms with Gasteiger partial charge >= 0.3 is 6.18 Å². The van der Waals surface area contributed by atoms with Crippen molar-refractivity contribution in [3.05, 3.63) is 65.5 Å². The molecule has 1 aromatic heterocycles. The average Bonchev–Trinajstić information content (AvgIpc) is 3.14. The topological polar surface area (TPSA) is 35.2 Å². The van der Waals surface area contributed by atoms with Crippen LogP contribution in [0.1, 0.15) is 29.8 Å². The third-order valence-corrected chi connectivity index (χ3v) is 6.00. The number of hydrogen-bond donors (Lipinski definition) is 1. The molecule has 1 N–H and O–H groups in total. The maximum absolute atomic E-state index is 12.9. The molecule has 2 aromatic carbocycles. The van der Waals surface area contributed by atoms with E-state index in [2.05, 4.69) is 26.8 Å². The lowest BCUT2D eigenvalue weighted by Gasteiger charge is -2.34. The van der Waals surface area contributed by atoms with Crippen LogP contribution in [0.5, 0.6) is 0 Å². The zero-order valence-corrected chi connectivity index (χ0v) is 17.8. The molecule has 0 aliphatic carbocycles. The Hall–Kier alpha value is -2.38. The number of benzene rings is 2. The van der Waals surface area contributed by atoms with Gasteiger partial charge < -0.3 is 9.88 Å². The largest absolute Gasteiger partial charge is 0.416 e. The van der Waals surface area contributed by atoms with Gasteiger partial charge in [-0.05, 0) is 62.5 Å². The number of alkyl halides is 3. The van der Waals surface area contributed by atoms with Gasteiger partial charge in [-0.3, -0.25) is 4.90 Å². The number of hydrogen-bond acceptors (Lipinski definition) is 3. The number of halogens is 3. The van der Waals surface area contributed by atoms with E-state index in [1.165, 1.54) is 18.6 Å². The van der Waals surface area contributed by atoms with Crippen molar-refractivity contribution in [3.63, 3.8) is 0 Å². The van der Waals surface area contributed by atoms with Crippen LogP contribution in [0.15, 0.2) is 48.5 Å². The Kier molecular flexibility index (Phi) is 6.62. The molecule has 1 unspecified atom stereocenters.